The van der Waals surface area contributed by atoms with Crippen LogP contribution in [-0.4, -0.2) is 21.8 Å². The van der Waals surface area contributed by atoms with E-state index in [1.807, 2.05) is 31.2 Å². The summed E-state index contributed by atoms with van der Waals surface area (Å²) in [5.74, 6) is -0.192. The SMILES string of the molecule is CC(=O)Nc1cccc(NC(=O)c2cc(C)nc(Nc3cccc(C)c3)n2)c1. The number of hydrogen-bond acceptors (Lipinski definition) is 5. The topological polar surface area (TPSA) is 96.0 Å². The Kier molecular flexibility index (Phi) is 5.64. The molecule has 0 saturated carbocycles. The predicted molar refractivity (Wildman–Crippen MR) is 110 cm³/mol. The average Bonchev–Trinajstić information content (AvgIpc) is 2.61. The van der Waals surface area contributed by atoms with Crippen molar-refractivity contribution in [3.63, 3.8) is 0 Å². The number of nitrogens with one attached hydrogen (secondary N) is 3. The molecule has 1 aromatic heterocycles. The van der Waals surface area contributed by atoms with E-state index in [1.165, 1.54) is 6.92 Å². The molecule has 3 aromatic rings. The van der Waals surface area contributed by atoms with Crippen LogP contribution >= 0.6 is 0 Å². The van der Waals surface area contributed by atoms with Crippen LogP contribution in [-0.2, 0) is 4.79 Å². The summed E-state index contributed by atoms with van der Waals surface area (Å²) in [4.78, 5) is 32.5. The quantitative estimate of drug-likeness (QED) is 0.625. The standard InChI is InChI=1S/C21H21N5O2/c1-13-6-4-7-16(10-13)25-21-22-14(2)11-19(26-21)20(28)24-18-9-5-8-17(12-18)23-15(3)27/h4-12H,1-3H3,(H,23,27)(H,24,28)(H,22,25,26). The summed E-state index contributed by atoms with van der Waals surface area (Å²) < 4.78 is 0. The van der Waals surface area contributed by atoms with Gasteiger partial charge < -0.3 is 16.0 Å². The van der Waals surface area contributed by atoms with Gasteiger partial charge in [-0.25, -0.2) is 9.97 Å². The number of anilines is 4. The molecular weight excluding hydrogens is 354 g/mol. The summed E-state index contributed by atoms with van der Waals surface area (Å²) in [5.41, 5.74) is 4.02. The van der Waals surface area contributed by atoms with Crippen molar-refractivity contribution < 1.29 is 9.59 Å². The Morgan fingerprint density at radius 1 is 0.821 bits per heavy atom. The second-order valence-corrected chi connectivity index (χ2v) is 6.43. The molecule has 3 rings (SSSR count). The van der Waals surface area contributed by atoms with E-state index in [-0.39, 0.29) is 17.5 Å². The second-order valence-electron chi connectivity index (χ2n) is 6.43. The molecule has 2 amide bonds. The predicted octanol–water partition coefficient (Wildman–Crippen LogP) is 4.05. The fourth-order valence-electron chi connectivity index (χ4n) is 2.67. The first-order chi connectivity index (χ1) is 13.4. The van der Waals surface area contributed by atoms with E-state index < -0.39 is 0 Å². The van der Waals surface area contributed by atoms with E-state index in [1.54, 1.807) is 37.3 Å². The largest absolute Gasteiger partial charge is 0.326 e. The van der Waals surface area contributed by atoms with Crippen LogP contribution in [0.2, 0.25) is 0 Å². The first-order valence-electron chi connectivity index (χ1n) is 8.77. The lowest BCUT2D eigenvalue weighted by Crippen LogP contribution is -2.16. The van der Waals surface area contributed by atoms with Gasteiger partial charge in [0.15, 0.2) is 0 Å². The number of aryl methyl sites for hydroxylation is 2. The number of amides is 2. The Hall–Kier alpha value is -3.74. The number of carbonyl (C=O) groups is 2. The smallest absolute Gasteiger partial charge is 0.274 e. The molecule has 0 aliphatic carbocycles. The van der Waals surface area contributed by atoms with Crippen LogP contribution in [0.15, 0.2) is 54.6 Å². The molecule has 0 aliphatic heterocycles. The highest BCUT2D eigenvalue weighted by molar-refractivity contribution is 6.03. The maximum atomic E-state index is 12.6. The number of rotatable bonds is 5. The Morgan fingerprint density at radius 3 is 2.21 bits per heavy atom. The summed E-state index contributed by atoms with van der Waals surface area (Å²) in [7, 11) is 0. The van der Waals surface area contributed by atoms with Crippen molar-refractivity contribution in [1.29, 1.82) is 0 Å². The first-order valence-corrected chi connectivity index (χ1v) is 8.77. The minimum absolute atomic E-state index is 0.179. The lowest BCUT2D eigenvalue weighted by molar-refractivity contribution is -0.114. The number of benzene rings is 2. The van der Waals surface area contributed by atoms with Gasteiger partial charge in [-0.1, -0.05) is 18.2 Å². The van der Waals surface area contributed by atoms with E-state index in [9.17, 15) is 9.59 Å². The van der Waals surface area contributed by atoms with E-state index in [0.29, 0.717) is 23.0 Å². The molecule has 0 unspecified atom stereocenters. The highest BCUT2D eigenvalue weighted by atomic mass is 16.2. The van der Waals surface area contributed by atoms with Crippen molar-refractivity contribution in [1.82, 2.24) is 9.97 Å². The molecule has 1 heterocycles. The van der Waals surface area contributed by atoms with Gasteiger partial charge in [0.1, 0.15) is 5.69 Å². The van der Waals surface area contributed by atoms with Crippen molar-refractivity contribution in [2.75, 3.05) is 16.0 Å². The molecule has 0 aliphatic rings. The van der Waals surface area contributed by atoms with E-state index >= 15 is 0 Å². The van der Waals surface area contributed by atoms with Gasteiger partial charge in [-0.15, -0.1) is 0 Å². The average molecular weight is 375 g/mol. The molecule has 28 heavy (non-hydrogen) atoms. The van der Waals surface area contributed by atoms with E-state index in [2.05, 4.69) is 25.9 Å². The fraction of sp³-hybridized carbons (Fsp3) is 0.143. The van der Waals surface area contributed by atoms with Gasteiger partial charge in [-0.2, -0.15) is 0 Å². The van der Waals surface area contributed by atoms with Crippen LogP contribution in [0.25, 0.3) is 0 Å². The Labute approximate surface area is 163 Å². The van der Waals surface area contributed by atoms with E-state index in [4.69, 9.17) is 0 Å². The molecule has 7 nitrogen and oxygen atoms in total. The lowest BCUT2D eigenvalue weighted by atomic mass is 10.2. The number of hydrogen-bond donors (Lipinski definition) is 3. The molecular formula is C21H21N5O2. The normalized spacial score (nSPS) is 10.2. The number of nitrogens with zero attached hydrogens (tertiary/aromatic N) is 2. The van der Waals surface area contributed by atoms with Gasteiger partial charge in [-0.05, 0) is 55.8 Å². The molecule has 0 spiro atoms. The Bertz CT molecular complexity index is 1030. The molecule has 0 bridgehead atoms. The summed E-state index contributed by atoms with van der Waals surface area (Å²) >= 11 is 0. The molecule has 2 aromatic carbocycles. The van der Waals surface area contributed by atoms with Crippen LogP contribution < -0.4 is 16.0 Å². The van der Waals surface area contributed by atoms with E-state index in [0.717, 1.165) is 11.3 Å². The Balaban J connectivity index is 1.78. The molecule has 142 valence electrons. The molecule has 3 N–H and O–H groups in total. The maximum Gasteiger partial charge on any atom is 0.274 e. The fourth-order valence-corrected chi connectivity index (χ4v) is 2.67. The Morgan fingerprint density at radius 2 is 1.50 bits per heavy atom. The third kappa shape index (κ3) is 5.14. The zero-order valence-electron chi connectivity index (χ0n) is 15.9. The van der Waals surface area contributed by atoms with Crippen LogP contribution in [0.1, 0.15) is 28.7 Å². The summed E-state index contributed by atoms with van der Waals surface area (Å²) in [6, 6.07) is 16.3. The number of carbonyl (C=O) groups excluding carboxylic acids is 2. The minimum atomic E-state index is -0.363. The molecule has 0 saturated heterocycles. The van der Waals surface area contributed by atoms with Gasteiger partial charge in [0.25, 0.3) is 5.91 Å². The number of aromatic nitrogens is 2. The highest BCUT2D eigenvalue weighted by Crippen LogP contribution is 2.18. The molecule has 0 radical (unpaired) electrons. The van der Waals surface area contributed by atoms with Gasteiger partial charge in [0.2, 0.25) is 11.9 Å². The van der Waals surface area contributed by atoms with Gasteiger partial charge >= 0.3 is 0 Å². The summed E-state index contributed by atoms with van der Waals surface area (Å²) in [5, 5.41) is 8.60. The van der Waals surface area contributed by atoms with Crippen molar-refractivity contribution >= 4 is 34.8 Å². The molecule has 7 heteroatoms. The van der Waals surface area contributed by atoms with Crippen LogP contribution in [0.3, 0.4) is 0 Å². The van der Waals surface area contributed by atoms with Crippen LogP contribution in [0.4, 0.5) is 23.0 Å². The molecule has 0 atom stereocenters. The van der Waals surface area contributed by atoms with Crippen LogP contribution in [0.5, 0.6) is 0 Å². The highest BCUT2D eigenvalue weighted by Gasteiger charge is 2.12. The zero-order valence-corrected chi connectivity index (χ0v) is 15.9. The summed E-state index contributed by atoms with van der Waals surface area (Å²) in [6.07, 6.45) is 0. The van der Waals surface area contributed by atoms with Gasteiger partial charge in [-0.3, -0.25) is 9.59 Å². The lowest BCUT2D eigenvalue weighted by Gasteiger charge is -2.10. The minimum Gasteiger partial charge on any atom is -0.326 e. The van der Waals surface area contributed by atoms with Crippen molar-refractivity contribution in [2.45, 2.75) is 20.8 Å². The van der Waals surface area contributed by atoms with Gasteiger partial charge in [0, 0.05) is 29.7 Å². The van der Waals surface area contributed by atoms with Crippen molar-refractivity contribution in [3.8, 4) is 0 Å². The second kappa shape index (κ2) is 8.30. The molecule has 0 fully saturated rings. The van der Waals surface area contributed by atoms with Crippen molar-refractivity contribution in [2.24, 2.45) is 0 Å². The first kappa shape index (κ1) is 19.0. The van der Waals surface area contributed by atoms with Gasteiger partial charge in [0.05, 0.1) is 0 Å². The zero-order chi connectivity index (χ0) is 20.1. The third-order valence-corrected chi connectivity index (χ3v) is 3.80. The van der Waals surface area contributed by atoms with Crippen molar-refractivity contribution in [3.05, 3.63) is 71.5 Å². The third-order valence-electron chi connectivity index (χ3n) is 3.80. The monoisotopic (exact) mass is 375 g/mol. The maximum absolute atomic E-state index is 12.6. The van der Waals surface area contributed by atoms with Crippen LogP contribution in [0, 0.1) is 13.8 Å². The summed E-state index contributed by atoms with van der Waals surface area (Å²) in [6.45, 7) is 5.23.